The number of nitrogens with zero attached hydrogens (tertiary/aromatic N) is 2. The van der Waals surface area contributed by atoms with Crippen LogP contribution < -0.4 is 10.7 Å². The van der Waals surface area contributed by atoms with E-state index >= 15 is 0 Å². The molecule has 4 rings (SSSR count). The number of hydrogen-bond acceptors (Lipinski definition) is 4. The number of amides is 1. The first-order chi connectivity index (χ1) is 16.6. The Bertz CT molecular complexity index is 1400. The van der Waals surface area contributed by atoms with E-state index in [2.05, 4.69) is 19.2 Å². The third-order valence-corrected chi connectivity index (χ3v) is 8.53. The summed E-state index contributed by atoms with van der Waals surface area (Å²) in [6.45, 7) is 7.45. The molecule has 0 radical (unpaired) electrons. The second-order valence-corrected chi connectivity index (χ2v) is 11.9. The summed E-state index contributed by atoms with van der Waals surface area (Å²) in [5.74, 6) is 0.0840. The molecule has 2 atom stereocenters. The van der Waals surface area contributed by atoms with E-state index in [-0.39, 0.29) is 27.7 Å². The molecule has 0 unspecified atom stereocenters. The molecule has 0 aliphatic carbocycles. The van der Waals surface area contributed by atoms with Gasteiger partial charge >= 0.3 is 0 Å². The topological polar surface area (TPSA) is 88.5 Å². The fraction of sp³-hybridized carbons (Fsp3) is 0.407. The average Bonchev–Trinajstić information content (AvgIpc) is 2.81. The summed E-state index contributed by atoms with van der Waals surface area (Å²) >= 11 is 0. The van der Waals surface area contributed by atoms with Gasteiger partial charge in [0.1, 0.15) is 5.56 Å². The third kappa shape index (κ3) is 5.33. The number of fused-ring (bicyclic) bond motifs is 1. The van der Waals surface area contributed by atoms with Crippen LogP contribution in [0.2, 0.25) is 0 Å². The molecule has 8 heteroatoms. The van der Waals surface area contributed by atoms with Crippen molar-refractivity contribution >= 4 is 26.8 Å². The molecule has 35 heavy (non-hydrogen) atoms. The van der Waals surface area contributed by atoms with Gasteiger partial charge in [-0.15, -0.1) is 0 Å². The van der Waals surface area contributed by atoms with Crippen LogP contribution in [0.3, 0.4) is 0 Å². The van der Waals surface area contributed by atoms with E-state index in [1.165, 1.54) is 22.1 Å². The fourth-order valence-corrected chi connectivity index (χ4v) is 6.62. The van der Waals surface area contributed by atoms with Crippen molar-refractivity contribution in [2.75, 3.05) is 19.6 Å². The first kappa shape index (κ1) is 25.1. The van der Waals surface area contributed by atoms with E-state index in [1.807, 2.05) is 31.2 Å². The predicted molar refractivity (Wildman–Crippen MR) is 138 cm³/mol. The van der Waals surface area contributed by atoms with Crippen LogP contribution in [0.25, 0.3) is 10.9 Å². The maximum Gasteiger partial charge on any atom is 0.256 e. The minimum Gasteiger partial charge on any atom is -0.352 e. The Hall–Kier alpha value is -2.97. The number of carbonyl (C=O) groups is 1. The van der Waals surface area contributed by atoms with Crippen LogP contribution in [0.1, 0.15) is 41.8 Å². The van der Waals surface area contributed by atoms with Crippen molar-refractivity contribution in [2.24, 2.45) is 18.9 Å². The van der Waals surface area contributed by atoms with E-state index < -0.39 is 21.4 Å². The van der Waals surface area contributed by atoms with Gasteiger partial charge in [0.15, 0.2) is 0 Å². The van der Waals surface area contributed by atoms with Crippen molar-refractivity contribution in [3.63, 3.8) is 0 Å². The summed E-state index contributed by atoms with van der Waals surface area (Å²) in [5.41, 5.74) is 2.37. The van der Waals surface area contributed by atoms with Gasteiger partial charge in [0.2, 0.25) is 15.5 Å². The van der Waals surface area contributed by atoms with Crippen LogP contribution in [0.15, 0.2) is 58.4 Å². The van der Waals surface area contributed by atoms with E-state index in [0.29, 0.717) is 31.6 Å². The highest BCUT2D eigenvalue weighted by atomic mass is 32.2. The largest absolute Gasteiger partial charge is 0.352 e. The summed E-state index contributed by atoms with van der Waals surface area (Å²) in [5, 5.41) is 3.04. The molecule has 1 saturated heterocycles. The zero-order valence-corrected chi connectivity index (χ0v) is 21.6. The number of piperidine rings is 1. The Morgan fingerprint density at radius 3 is 2.37 bits per heavy atom. The van der Waals surface area contributed by atoms with Gasteiger partial charge < -0.3 is 9.88 Å². The maximum atomic E-state index is 13.4. The van der Waals surface area contributed by atoms with Crippen LogP contribution >= 0.6 is 0 Å². The summed E-state index contributed by atoms with van der Waals surface area (Å²) < 4.78 is 29.9. The summed E-state index contributed by atoms with van der Waals surface area (Å²) in [6.07, 6.45) is 3.15. The quantitative estimate of drug-likeness (QED) is 0.567. The molecule has 1 aliphatic rings. The molecular formula is C27H33N3O4S. The van der Waals surface area contributed by atoms with Crippen molar-refractivity contribution < 1.29 is 13.2 Å². The number of hydrogen-bond donors (Lipinski definition) is 1. The highest BCUT2D eigenvalue weighted by Gasteiger charge is 2.32. The Morgan fingerprint density at radius 2 is 1.71 bits per heavy atom. The molecule has 186 valence electrons. The molecule has 0 saturated carbocycles. The van der Waals surface area contributed by atoms with Crippen molar-refractivity contribution in [2.45, 2.75) is 38.5 Å². The monoisotopic (exact) mass is 495 g/mol. The van der Waals surface area contributed by atoms with Gasteiger partial charge in [0, 0.05) is 38.3 Å². The van der Waals surface area contributed by atoms with E-state index in [4.69, 9.17) is 0 Å². The lowest BCUT2D eigenvalue weighted by atomic mass is 9.94. The van der Waals surface area contributed by atoms with Gasteiger partial charge in [0.25, 0.3) is 5.91 Å². The highest BCUT2D eigenvalue weighted by Crippen LogP contribution is 2.27. The second kappa shape index (κ2) is 9.95. The molecule has 2 aromatic carbocycles. The zero-order chi connectivity index (χ0) is 25.3. The number of benzene rings is 2. The van der Waals surface area contributed by atoms with Gasteiger partial charge in [0.05, 0.1) is 10.4 Å². The molecule has 1 N–H and O–H groups in total. The van der Waals surface area contributed by atoms with Crippen LogP contribution in [-0.2, 0) is 23.5 Å². The van der Waals surface area contributed by atoms with E-state index in [1.54, 1.807) is 23.7 Å². The molecule has 0 bridgehead atoms. The lowest BCUT2D eigenvalue weighted by Gasteiger charge is -2.34. The van der Waals surface area contributed by atoms with Gasteiger partial charge in [-0.25, -0.2) is 8.42 Å². The Labute approximate surface area is 206 Å². The van der Waals surface area contributed by atoms with Crippen LogP contribution in [-0.4, -0.2) is 42.8 Å². The first-order valence-corrected chi connectivity index (χ1v) is 13.5. The number of rotatable bonds is 6. The van der Waals surface area contributed by atoms with Crippen molar-refractivity contribution in [3.8, 4) is 0 Å². The van der Waals surface area contributed by atoms with Crippen LogP contribution in [0.4, 0.5) is 0 Å². The predicted octanol–water partition coefficient (Wildman–Crippen LogP) is 3.49. The third-order valence-electron chi connectivity index (χ3n) is 6.70. The van der Waals surface area contributed by atoms with Gasteiger partial charge in [-0.1, -0.05) is 43.7 Å². The minimum absolute atomic E-state index is 0.00123. The molecule has 1 aromatic heterocycles. The Morgan fingerprint density at radius 1 is 1.06 bits per heavy atom. The normalized spacial score (nSPS) is 19.1. The maximum absolute atomic E-state index is 13.4. The van der Waals surface area contributed by atoms with Crippen molar-refractivity contribution in [1.29, 1.82) is 0 Å². The van der Waals surface area contributed by atoms with Crippen molar-refractivity contribution in [3.05, 3.63) is 75.6 Å². The molecule has 1 aliphatic heterocycles. The van der Waals surface area contributed by atoms with Crippen LogP contribution in [0.5, 0.6) is 0 Å². The molecule has 3 aromatic rings. The summed E-state index contributed by atoms with van der Waals surface area (Å²) in [7, 11) is -2.00. The minimum atomic E-state index is -3.75. The SMILES string of the molecule is Cc1ccc(CCNC(=O)c2cn(C)c3ccc(S(=O)(=O)N4C[C@H](C)C[C@H](C)C4)cc3c2=O)cc1. The number of pyridine rings is 1. The number of nitrogens with one attached hydrogen (secondary N) is 1. The fourth-order valence-electron chi connectivity index (χ4n) is 4.92. The van der Waals surface area contributed by atoms with Crippen molar-refractivity contribution in [1.82, 2.24) is 14.2 Å². The number of aryl methyl sites for hydroxylation is 2. The highest BCUT2D eigenvalue weighted by molar-refractivity contribution is 7.89. The van der Waals surface area contributed by atoms with Gasteiger partial charge in [-0.2, -0.15) is 4.31 Å². The first-order valence-electron chi connectivity index (χ1n) is 12.0. The molecular weight excluding hydrogens is 462 g/mol. The lowest BCUT2D eigenvalue weighted by Crippen LogP contribution is -2.42. The standard InChI is InChI=1S/C27H33N3O4S/c1-18-5-7-21(8-6-18)11-12-28-27(32)24-17-29(4)25-10-9-22(14-23(25)26(24)31)35(33,34)30-15-19(2)13-20(3)16-30/h5-10,14,17,19-20H,11-13,15-16H2,1-4H3,(H,28,32)/t19-,20+. The number of aromatic nitrogens is 1. The Kier molecular flexibility index (Phi) is 7.15. The van der Waals surface area contributed by atoms with Crippen LogP contribution in [0, 0.1) is 18.8 Å². The molecule has 0 spiro atoms. The molecule has 1 amide bonds. The Balaban J connectivity index is 1.60. The summed E-state index contributed by atoms with van der Waals surface area (Å²) in [4.78, 5) is 26.2. The zero-order valence-electron chi connectivity index (χ0n) is 20.7. The molecule has 2 heterocycles. The number of sulfonamides is 1. The van der Waals surface area contributed by atoms with Gasteiger partial charge in [-0.3, -0.25) is 9.59 Å². The average molecular weight is 496 g/mol. The number of carbonyl (C=O) groups excluding carboxylic acids is 1. The smallest absolute Gasteiger partial charge is 0.256 e. The second-order valence-electron chi connectivity index (χ2n) is 9.92. The van der Waals surface area contributed by atoms with E-state index in [0.717, 1.165) is 12.0 Å². The molecule has 7 nitrogen and oxygen atoms in total. The lowest BCUT2D eigenvalue weighted by molar-refractivity contribution is 0.0952. The summed E-state index contributed by atoms with van der Waals surface area (Å²) in [6, 6.07) is 12.7. The van der Waals surface area contributed by atoms with Gasteiger partial charge in [-0.05, 0) is 55.4 Å². The van der Waals surface area contributed by atoms with E-state index in [9.17, 15) is 18.0 Å². The molecule has 1 fully saturated rings.